The third-order valence-electron chi connectivity index (χ3n) is 3.19. The zero-order chi connectivity index (χ0) is 14.5. The van der Waals surface area contributed by atoms with E-state index in [-0.39, 0.29) is 12.3 Å². The average molecular weight is 342 g/mol. The number of hydrogen-bond donors (Lipinski definition) is 2. The molecule has 2 atom stereocenters. The molecule has 1 aliphatic heterocycles. The first-order valence-corrected chi connectivity index (χ1v) is 7.25. The topological polar surface area (TPSA) is 75.6 Å². The predicted molar refractivity (Wildman–Crippen MR) is 76.4 cm³/mol. The lowest BCUT2D eigenvalue weighted by molar-refractivity contribution is -0.143. The van der Waals surface area contributed by atoms with E-state index in [0.29, 0.717) is 13.0 Å². The van der Waals surface area contributed by atoms with Crippen LogP contribution in [0.3, 0.4) is 0 Å². The fourth-order valence-corrected chi connectivity index (χ4v) is 2.37. The van der Waals surface area contributed by atoms with Crippen LogP contribution in [0.5, 0.6) is 0 Å². The summed E-state index contributed by atoms with van der Waals surface area (Å²) in [5, 5.41) is 11.8. The Balaban J connectivity index is 1.98. The van der Waals surface area contributed by atoms with Crippen molar-refractivity contribution in [2.75, 3.05) is 6.61 Å². The van der Waals surface area contributed by atoms with E-state index in [1.165, 1.54) is 0 Å². The summed E-state index contributed by atoms with van der Waals surface area (Å²) in [6.45, 7) is 0.558. The van der Waals surface area contributed by atoms with E-state index < -0.39 is 18.1 Å². The number of carboxylic acid groups (broad SMARTS) is 1. The Morgan fingerprint density at radius 1 is 1.40 bits per heavy atom. The molecular weight excluding hydrogens is 326 g/mol. The van der Waals surface area contributed by atoms with Crippen LogP contribution < -0.4 is 5.32 Å². The predicted octanol–water partition coefficient (Wildman–Crippen LogP) is 1.74. The highest BCUT2D eigenvalue weighted by Crippen LogP contribution is 2.14. The van der Waals surface area contributed by atoms with Crippen LogP contribution in [-0.2, 0) is 20.7 Å². The van der Waals surface area contributed by atoms with Gasteiger partial charge < -0.3 is 15.2 Å². The molecule has 1 aromatic carbocycles. The molecule has 1 heterocycles. The number of hydrogen-bond acceptors (Lipinski definition) is 3. The highest BCUT2D eigenvalue weighted by Gasteiger charge is 2.28. The number of benzene rings is 1. The summed E-state index contributed by atoms with van der Waals surface area (Å²) >= 11 is 3.32. The molecule has 0 unspecified atom stereocenters. The molecular formula is C14H16BrNO4. The molecule has 1 amide bonds. The van der Waals surface area contributed by atoms with Gasteiger partial charge in [0.15, 0.2) is 0 Å². The Morgan fingerprint density at radius 3 is 2.65 bits per heavy atom. The summed E-state index contributed by atoms with van der Waals surface area (Å²) in [7, 11) is 0. The first-order chi connectivity index (χ1) is 9.56. The van der Waals surface area contributed by atoms with Crippen molar-refractivity contribution in [1.82, 2.24) is 5.32 Å². The van der Waals surface area contributed by atoms with Crippen LogP contribution in [-0.4, -0.2) is 35.7 Å². The Labute approximate surface area is 125 Å². The van der Waals surface area contributed by atoms with Crippen molar-refractivity contribution in [3.8, 4) is 0 Å². The van der Waals surface area contributed by atoms with Gasteiger partial charge in [0.05, 0.1) is 0 Å². The van der Waals surface area contributed by atoms with Crippen molar-refractivity contribution in [1.29, 1.82) is 0 Å². The van der Waals surface area contributed by atoms with Gasteiger partial charge in [0, 0.05) is 17.5 Å². The second kappa shape index (κ2) is 6.85. The summed E-state index contributed by atoms with van der Waals surface area (Å²) in [5.74, 6) is -1.38. The SMILES string of the molecule is O=C(O)[C@H](Cc1ccc(Br)cc1)NC(=O)[C@@H]1CCCO1. The molecule has 2 rings (SSSR count). The van der Waals surface area contributed by atoms with Gasteiger partial charge in [0.25, 0.3) is 0 Å². The second-order valence-corrected chi connectivity index (χ2v) is 5.65. The largest absolute Gasteiger partial charge is 0.480 e. The van der Waals surface area contributed by atoms with E-state index in [9.17, 15) is 14.7 Å². The molecule has 108 valence electrons. The monoisotopic (exact) mass is 341 g/mol. The molecule has 0 aromatic heterocycles. The van der Waals surface area contributed by atoms with Crippen molar-refractivity contribution < 1.29 is 19.4 Å². The Hall–Kier alpha value is -1.40. The van der Waals surface area contributed by atoms with Gasteiger partial charge in [0.2, 0.25) is 5.91 Å². The zero-order valence-corrected chi connectivity index (χ0v) is 12.4. The summed E-state index contributed by atoms with van der Waals surface area (Å²) in [6.07, 6.45) is 1.22. The molecule has 1 saturated heterocycles. The number of amides is 1. The van der Waals surface area contributed by atoms with E-state index in [2.05, 4.69) is 21.2 Å². The summed E-state index contributed by atoms with van der Waals surface area (Å²) in [6, 6.07) is 6.41. The maximum atomic E-state index is 11.9. The van der Waals surface area contributed by atoms with Crippen LogP contribution in [0.1, 0.15) is 18.4 Å². The van der Waals surface area contributed by atoms with E-state index in [1.807, 2.05) is 24.3 Å². The van der Waals surface area contributed by atoms with E-state index >= 15 is 0 Å². The maximum Gasteiger partial charge on any atom is 0.326 e. The second-order valence-electron chi connectivity index (χ2n) is 4.73. The molecule has 1 fully saturated rings. The van der Waals surface area contributed by atoms with Crippen LogP contribution in [0.4, 0.5) is 0 Å². The lowest BCUT2D eigenvalue weighted by Gasteiger charge is -2.17. The van der Waals surface area contributed by atoms with Crippen molar-refractivity contribution in [3.05, 3.63) is 34.3 Å². The molecule has 0 bridgehead atoms. The van der Waals surface area contributed by atoms with E-state index in [4.69, 9.17) is 4.74 Å². The number of halogens is 1. The molecule has 2 N–H and O–H groups in total. The number of carbonyl (C=O) groups is 2. The molecule has 1 aromatic rings. The van der Waals surface area contributed by atoms with Crippen molar-refractivity contribution in [3.63, 3.8) is 0 Å². The standard InChI is InChI=1S/C14H16BrNO4/c15-10-5-3-9(4-6-10)8-11(14(18)19)16-13(17)12-2-1-7-20-12/h3-6,11-12H,1-2,7-8H2,(H,16,17)(H,18,19)/t11-,12-/m0/s1. The molecule has 5 nitrogen and oxygen atoms in total. The number of aliphatic carboxylic acids is 1. The Kier molecular flexibility index (Phi) is 5.14. The lowest BCUT2D eigenvalue weighted by atomic mass is 10.1. The van der Waals surface area contributed by atoms with Gasteiger partial charge in [-0.3, -0.25) is 4.79 Å². The van der Waals surface area contributed by atoms with Crippen LogP contribution >= 0.6 is 15.9 Å². The fourth-order valence-electron chi connectivity index (χ4n) is 2.11. The first kappa shape index (κ1) is 15.0. The van der Waals surface area contributed by atoms with Crippen molar-refractivity contribution in [2.45, 2.75) is 31.4 Å². The highest BCUT2D eigenvalue weighted by atomic mass is 79.9. The van der Waals surface area contributed by atoms with Crippen molar-refractivity contribution in [2.24, 2.45) is 0 Å². The molecule has 0 spiro atoms. The van der Waals surface area contributed by atoms with E-state index in [1.54, 1.807) is 0 Å². The summed E-state index contributed by atoms with van der Waals surface area (Å²) < 4.78 is 6.18. The number of carbonyl (C=O) groups excluding carboxylic acids is 1. The highest BCUT2D eigenvalue weighted by molar-refractivity contribution is 9.10. The van der Waals surface area contributed by atoms with Crippen LogP contribution in [0.15, 0.2) is 28.7 Å². The van der Waals surface area contributed by atoms with Crippen LogP contribution in [0, 0.1) is 0 Å². The molecule has 20 heavy (non-hydrogen) atoms. The lowest BCUT2D eigenvalue weighted by Crippen LogP contribution is -2.46. The van der Waals surface area contributed by atoms with Gasteiger partial charge in [-0.05, 0) is 30.5 Å². The van der Waals surface area contributed by atoms with Crippen molar-refractivity contribution >= 4 is 27.8 Å². The number of rotatable bonds is 5. The van der Waals surface area contributed by atoms with Gasteiger partial charge in [-0.1, -0.05) is 28.1 Å². The summed E-state index contributed by atoms with van der Waals surface area (Å²) in [4.78, 5) is 23.2. The van der Waals surface area contributed by atoms with Gasteiger partial charge >= 0.3 is 5.97 Å². The summed E-state index contributed by atoms with van der Waals surface area (Å²) in [5.41, 5.74) is 0.855. The fraction of sp³-hybridized carbons (Fsp3) is 0.429. The number of carboxylic acids is 1. The van der Waals surface area contributed by atoms with Gasteiger partial charge in [-0.15, -0.1) is 0 Å². The van der Waals surface area contributed by atoms with E-state index in [0.717, 1.165) is 16.5 Å². The zero-order valence-electron chi connectivity index (χ0n) is 10.8. The number of nitrogens with one attached hydrogen (secondary N) is 1. The van der Waals surface area contributed by atoms with Crippen LogP contribution in [0.25, 0.3) is 0 Å². The Bertz CT molecular complexity index is 482. The Morgan fingerprint density at radius 2 is 2.10 bits per heavy atom. The minimum absolute atomic E-state index is 0.251. The van der Waals surface area contributed by atoms with Crippen LogP contribution in [0.2, 0.25) is 0 Å². The molecule has 0 aliphatic carbocycles. The quantitative estimate of drug-likeness (QED) is 0.855. The third-order valence-corrected chi connectivity index (χ3v) is 3.72. The number of ether oxygens (including phenoxy) is 1. The van der Waals surface area contributed by atoms with Gasteiger partial charge in [-0.25, -0.2) is 4.79 Å². The van der Waals surface area contributed by atoms with Gasteiger partial charge in [0.1, 0.15) is 12.1 Å². The minimum Gasteiger partial charge on any atom is -0.480 e. The van der Waals surface area contributed by atoms with Gasteiger partial charge in [-0.2, -0.15) is 0 Å². The normalized spacial score (nSPS) is 19.6. The third kappa shape index (κ3) is 4.05. The average Bonchev–Trinajstić information content (AvgIpc) is 2.94. The first-order valence-electron chi connectivity index (χ1n) is 6.45. The smallest absolute Gasteiger partial charge is 0.326 e. The maximum absolute atomic E-state index is 11.9. The minimum atomic E-state index is -1.04. The molecule has 0 radical (unpaired) electrons. The molecule has 0 saturated carbocycles. The molecule has 1 aliphatic rings. The molecule has 6 heteroatoms.